The average molecular weight is 301 g/mol. The third kappa shape index (κ3) is 2.89. The van der Waals surface area contributed by atoms with Crippen LogP contribution in [0.5, 0.6) is 0 Å². The minimum atomic E-state index is -0.309. The molecule has 5 heteroatoms. The molecule has 22 heavy (non-hydrogen) atoms. The minimum absolute atomic E-state index is 0.0473. The topological polar surface area (TPSA) is 38.1 Å². The van der Waals surface area contributed by atoms with Crippen LogP contribution in [-0.2, 0) is 13.0 Å². The number of nitrogens with zero attached hydrogens (tertiary/aromatic N) is 3. The number of carbonyl (C=O) groups is 1. The van der Waals surface area contributed by atoms with Gasteiger partial charge in [0.1, 0.15) is 11.6 Å². The third-order valence-electron chi connectivity index (χ3n) is 4.33. The number of benzene rings is 1. The van der Waals surface area contributed by atoms with E-state index in [2.05, 4.69) is 9.55 Å². The quantitative estimate of drug-likeness (QED) is 0.874. The summed E-state index contributed by atoms with van der Waals surface area (Å²) in [6.07, 6.45) is 5.81. The molecule has 116 valence electrons. The van der Waals surface area contributed by atoms with Crippen LogP contribution >= 0.6 is 0 Å². The Hall–Kier alpha value is -2.17. The molecule has 0 fully saturated rings. The second-order valence-electron chi connectivity index (χ2n) is 6.05. The van der Waals surface area contributed by atoms with E-state index in [9.17, 15) is 9.18 Å². The number of hydrogen-bond donors (Lipinski definition) is 0. The first-order valence-electron chi connectivity index (χ1n) is 7.56. The first-order chi connectivity index (χ1) is 10.5. The lowest BCUT2D eigenvalue weighted by Gasteiger charge is -2.28. The van der Waals surface area contributed by atoms with Gasteiger partial charge >= 0.3 is 0 Å². The van der Waals surface area contributed by atoms with Crippen LogP contribution in [-0.4, -0.2) is 34.0 Å². The van der Waals surface area contributed by atoms with Crippen LogP contribution in [0.15, 0.2) is 30.6 Å². The number of halogens is 1. The summed E-state index contributed by atoms with van der Waals surface area (Å²) in [5.74, 6) is 1.20. The summed E-state index contributed by atoms with van der Waals surface area (Å²) in [5, 5.41) is 0. The van der Waals surface area contributed by atoms with Gasteiger partial charge in [-0.3, -0.25) is 4.79 Å². The van der Waals surface area contributed by atoms with Gasteiger partial charge in [0, 0.05) is 44.5 Å². The van der Waals surface area contributed by atoms with E-state index in [0.717, 1.165) is 25.2 Å². The van der Waals surface area contributed by atoms with Crippen molar-refractivity contribution in [2.24, 2.45) is 5.92 Å². The van der Waals surface area contributed by atoms with Gasteiger partial charge in [0.2, 0.25) is 0 Å². The molecule has 0 spiro atoms. The largest absolute Gasteiger partial charge is 0.341 e. The van der Waals surface area contributed by atoms with E-state index in [-0.39, 0.29) is 11.7 Å². The number of fused-ring (bicyclic) bond motifs is 1. The molecule has 1 atom stereocenters. The van der Waals surface area contributed by atoms with Crippen molar-refractivity contribution in [2.45, 2.75) is 26.3 Å². The molecule has 0 aliphatic carbocycles. The number of hydrogen-bond acceptors (Lipinski definition) is 2. The summed E-state index contributed by atoms with van der Waals surface area (Å²) >= 11 is 0. The van der Waals surface area contributed by atoms with Gasteiger partial charge in [0.25, 0.3) is 5.91 Å². The van der Waals surface area contributed by atoms with Crippen LogP contribution in [0.2, 0.25) is 0 Å². The molecule has 4 nitrogen and oxygen atoms in total. The van der Waals surface area contributed by atoms with Crippen LogP contribution in [0.25, 0.3) is 0 Å². The zero-order valence-electron chi connectivity index (χ0n) is 12.9. The highest BCUT2D eigenvalue weighted by Crippen LogP contribution is 2.20. The maximum absolute atomic E-state index is 13.2. The number of imidazole rings is 1. The Labute approximate surface area is 129 Å². The van der Waals surface area contributed by atoms with E-state index < -0.39 is 0 Å². The summed E-state index contributed by atoms with van der Waals surface area (Å²) < 4.78 is 15.3. The fourth-order valence-electron chi connectivity index (χ4n) is 3.13. The summed E-state index contributed by atoms with van der Waals surface area (Å²) in [4.78, 5) is 18.6. The Morgan fingerprint density at radius 3 is 3.09 bits per heavy atom. The molecule has 0 N–H and O–H groups in total. The van der Waals surface area contributed by atoms with Gasteiger partial charge in [-0.15, -0.1) is 0 Å². The Morgan fingerprint density at radius 1 is 1.50 bits per heavy atom. The molecule has 1 aliphatic heterocycles. The zero-order valence-corrected chi connectivity index (χ0v) is 12.9. The van der Waals surface area contributed by atoms with Gasteiger partial charge < -0.3 is 9.47 Å². The van der Waals surface area contributed by atoms with E-state index in [0.29, 0.717) is 23.6 Å². The highest BCUT2D eigenvalue weighted by Gasteiger charge is 2.23. The number of rotatable bonds is 3. The summed E-state index contributed by atoms with van der Waals surface area (Å²) in [6, 6.07) is 4.31. The minimum Gasteiger partial charge on any atom is -0.341 e. The monoisotopic (exact) mass is 301 g/mol. The van der Waals surface area contributed by atoms with Gasteiger partial charge in [-0.25, -0.2) is 9.37 Å². The summed E-state index contributed by atoms with van der Waals surface area (Å²) in [7, 11) is 1.81. The van der Waals surface area contributed by atoms with E-state index >= 15 is 0 Å². The number of aromatic nitrogens is 2. The fourth-order valence-corrected chi connectivity index (χ4v) is 3.13. The zero-order chi connectivity index (χ0) is 15.7. The number of aryl methyl sites for hydroxylation is 2. The van der Waals surface area contributed by atoms with Crippen molar-refractivity contribution in [2.75, 3.05) is 13.6 Å². The molecular weight excluding hydrogens is 281 g/mol. The maximum Gasteiger partial charge on any atom is 0.253 e. The lowest BCUT2D eigenvalue weighted by Crippen LogP contribution is -2.35. The molecule has 2 aromatic rings. The van der Waals surface area contributed by atoms with Gasteiger partial charge in [-0.2, -0.15) is 0 Å². The fraction of sp³-hybridized carbons (Fsp3) is 0.412. The highest BCUT2D eigenvalue weighted by molar-refractivity contribution is 5.95. The van der Waals surface area contributed by atoms with Crippen molar-refractivity contribution < 1.29 is 9.18 Å². The van der Waals surface area contributed by atoms with Crippen molar-refractivity contribution in [1.82, 2.24) is 14.5 Å². The molecule has 0 bridgehead atoms. The molecule has 1 aliphatic rings. The van der Waals surface area contributed by atoms with Gasteiger partial charge in [0.05, 0.1) is 0 Å². The smallest absolute Gasteiger partial charge is 0.253 e. The molecule has 0 unspecified atom stereocenters. The van der Waals surface area contributed by atoms with Gasteiger partial charge in [0.15, 0.2) is 0 Å². The predicted molar refractivity (Wildman–Crippen MR) is 82.1 cm³/mol. The first-order valence-corrected chi connectivity index (χ1v) is 7.56. The normalized spacial score (nSPS) is 17.1. The van der Waals surface area contributed by atoms with Crippen molar-refractivity contribution in [3.63, 3.8) is 0 Å². The van der Waals surface area contributed by atoms with Gasteiger partial charge in [-0.05, 0) is 43.0 Å². The third-order valence-corrected chi connectivity index (χ3v) is 4.33. The molecule has 1 aromatic heterocycles. The molecule has 1 amide bonds. The van der Waals surface area contributed by atoms with Crippen molar-refractivity contribution in [1.29, 1.82) is 0 Å². The van der Waals surface area contributed by atoms with Gasteiger partial charge in [-0.1, -0.05) is 0 Å². The van der Waals surface area contributed by atoms with E-state index in [1.807, 2.05) is 19.4 Å². The molecule has 2 heterocycles. The Bertz CT molecular complexity index is 695. The Balaban J connectivity index is 1.67. The van der Waals surface area contributed by atoms with Crippen LogP contribution in [0, 0.1) is 18.7 Å². The van der Waals surface area contributed by atoms with E-state index in [4.69, 9.17) is 0 Å². The van der Waals surface area contributed by atoms with Crippen molar-refractivity contribution >= 4 is 5.91 Å². The van der Waals surface area contributed by atoms with E-state index in [1.165, 1.54) is 12.1 Å². The SMILES string of the molecule is Cc1cc(F)ccc1C(=O)N(C)C[C@H]1CCc2nccn2C1. The second-order valence-corrected chi connectivity index (χ2v) is 6.05. The molecule has 3 rings (SSSR count). The molecule has 1 aromatic carbocycles. The van der Waals surface area contributed by atoms with Crippen LogP contribution in [0.3, 0.4) is 0 Å². The molecular formula is C17H20FN3O. The lowest BCUT2D eigenvalue weighted by molar-refractivity contribution is 0.0760. The first kappa shape index (κ1) is 14.8. The second kappa shape index (κ2) is 5.91. The Kier molecular flexibility index (Phi) is 3.96. The van der Waals surface area contributed by atoms with Crippen LogP contribution in [0.1, 0.15) is 28.2 Å². The molecule has 0 saturated heterocycles. The standard InChI is InChI=1S/C17H20FN3O/c1-12-9-14(18)4-5-15(12)17(22)20(2)10-13-3-6-16-19-7-8-21(16)11-13/h4-5,7-9,13H,3,6,10-11H2,1-2H3/t13-/m1/s1. The highest BCUT2D eigenvalue weighted by atomic mass is 19.1. The summed E-state index contributed by atoms with van der Waals surface area (Å²) in [5.41, 5.74) is 1.25. The maximum atomic E-state index is 13.2. The lowest BCUT2D eigenvalue weighted by atomic mass is 9.98. The van der Waals surface area contributed by atoms with Crippen molar-refractivity contribution in [3.8, 4) is 0 Å². The Morgan fingerprint density at radius 2 is 2.32 bits per heavy atom. The molecule has 0 saturated carbocycles. The average Bonchev–Trinajstić information content (AvgIpc) is 2.94. The molecule has 0 radical (unpaired) electrons. The summed E-state index contributed by atoms with van der Waals surface area (Å²) in [6.45, 7) is 3.37. The number of carbonyl (C=O) groups excluding carboxylic acids is 1. The van der Waals surface area contributed by atoms with Crippen LogP contribution in [0.4, 0.5) is 4.39 Å². The predicted octanol–water partition coefficient (Wildman–Crippen LogP) is 2.67. The van der Waals surface area contributed by atoms with Crippen molar-refractivity contribution in [3.05, 3.63) is 53.4 Å². The number of amides is 1. The van der Waals surface area contributed by atoms with E-state index in [1.54, 1.807) is 17.9 Å². The van der Waals surface area contributed by atoms with Crippen LogP contribution < -0.4 is 0 Å².